The standard InChI is InChI=1S/C11H15ClF6O4S/c1-6(8(14)15)5-7(13)11(12,9(19)22-2)23(20,21)4-3-10(16,17)18/h6-8H,3-5H2,1-2H3. The van der Waals surface area contributed by atoms with Gasteiger partial charge < -0.3 is 4.74 Å². The third-order valence-corrected chi connectivity index (χ3v) is 6.15. The van der Waals surface area contributed by atoms with Gasteiger partial charge in [-0.05, 0) is 6.42 Å². The summed E-state index contributed by atoms with van der Waals surface area (Å²) >= 11 is 5.46. The molecule has 0 aromatic carbocycles. The quantitative estimate of drug-likeness (QED) is 0.362. The lowest BCUT2D eigenvalue weighted by Gasteiger charge is -2.29. The van der Waals surface area contributed by atoms with Crippen LogP contribution in [-0.4, -0.2) is 50.2 Å². The van der Waals surface area contributed by atoms with Gasteiger partial charge in [0.05, 0.1) is 19.3 Å². The molecule has 0 aromatic heterocycles. The average Bonchev–Trinajstić information content (AvgIpc) is 2.42. The molecule has 0 spiro atoms. The molecule has 0 amide bonds. The van der Waals surface area contributed by atoms with Crippen LogP contribution in [-0.2, 0) is 19.4 Å². The first-order valence-corrected chi connectivity index (χ1v) is 8.20. The zero-order chi connectivity index (χ0) is 18.6. The monoisotopic (exact) mass is 392 g/mol. The minimum Gasteiger partial charge on any atom is -0.467 e. The van der Waals surface area contributed by atoms with Crippen LogP contribution in [0.5, 0.6) is 0 Å². The normalized spacial score (nSPS) is 18.3. The van der Waals surface area contributed by atoms with Crippen molar-refractivity contribution in [2.45, 2.75) is 42.7 Å². The maximum absolute atomic E-state index is 14.2. The highest BCUT2D eigenvalue weighted by Crippen LogP contribution is 2.37. The molecule has 0 heterocycles. The Labute approximate surface area is 134 Å². The van der Waals surface area contributed by atoms with Gasteiger partial charge in [0, 0.05) is 5.92 Å². The fourth-order valence-electron chi connectivity index (χ4n) is 1.57. The van der Waals surface area contributed by atoms with E-state index in [1.807, 2.05) is 0 Å². The van der Waals surface area contributed by atoms with Gasteiger partial charge in [0.25, 0.3) is 4.21 Å². The number of esters is 1. The molecule has 0 aliphatic rings. The summed E-state index contributed by atoms with van der Waals surface area (Å²) in [6.07, 6.45) is -13.8. The highest BCUT2D eigenvalue weighted by atomic mass is 35.5. The van der Waals surface area contributed by atoms with E-state index in [4.69, 9.17) is 11.6 Å². The van der Waals surface area contributed by atoms with Crippen molar-refractivity contribution in [3.05, 3.63) is 0 Å². The molecule has 0 fully saturated rings. The lowest BCUT2D eigenvalue weighted by molar-refractivity contribution is -0.143. The Morgan fingerprint density at radius 3 is 2.04 bits per heavy atom. The van der Waals surface area contributed by atoms with Crippen LogP contribution in [0, 0.1) is 5.92 Å². The van der Waals surface area contributed by atoms with Gasteiger partial charge in [-0.3, -0.25) is 0 Å². The lowest BCUT2D eigenvalue weighted by Crippen LogP contribution is -2.52. The molecule has 0 bridgehead atoms. The van der Waals surface area contributed by atoms with Gasteiger partial charge in [-0.2, -0.15) is 13.2 Å². The van der Waals surface area contributed by atoms with E-state index in [0.29, 0.717) is 7.11 Å². The Morgan fingerprint density at radius 1 is 1.22 bits per heavy atom. The van der Waals surface area contributed by atoms with Crippen LogP contribution in [0.25, 0.3) is 0 Å². The molecule has 3 atom stereocenters. The fourth-order valence-corrected chi connectivity index (χ4v) is 3.59. The van der Waals surface area contributed by atoms with E-state index in [2.05, 4.69) is 4.74 Å². The smallest absolute Gasteiger partial charge is 0.390 e. The maximum atomic E-state index is 14.2. The molecule has 0 saturated carbocycles. The largest absolute Gasteiger partial charge is 0.467 e. The predicted molar refractivity (Wildman–Crippen MR) is 69.7 cm³/mol. The molecule has 0 N–H and O–H groups in total. The second-order valence-corrected chi connectivity index (χ2v) is 7.94. The van der Waals surface area contributed by atoms with E-state index < -0.39 is 63.3 Å². The summed E-state index contributed by atoms with van der Waals surface area (Å²) in [4.78, 5) is 11.6. The van der Waals surface area contributed by atoms with Crippen molar-refractivity contribution in [3.63, 3.8) is 0 Å². The van der Waals surface area contributed by atoms with Crippen LogP contribution >= 0.6 is 11.6 Å². The van der Waals surface area contributed by atoms with E-state index in [0.717, 1.165) is 6.92 Å². The summed E-state index contributed by atoms with van der Waals surface area (Å²) in [5.41, 5.74) is 0. The van der Waals surface area contributed by atoms with E-state index in [1.165, 1.54) is 0 Å². The Bertz CT molecular complexity index is 509. The van der Waals surface area contributed by atoms with Crippen LogP contribution < -0.4 is 0 Å². The molecule has 0 aliphatic carbocycles. The van der Waals surface area contributed by atoms with Crippen molar-refractivity contribution in [3.8, 4) is 0 Å². The number of halogens is 7. The van der Waals surface area contributed by atoms with Crippen LogP contribution in [0.15, 0.2) is 0 Å². The van der Waals surface area contributed by atoms with Crippen LogP contribution in [0.2, 0.25) is 0 Å². The molecule has 0 rings (SSSR count). The minimum absolute atomic E-state index is 0.641. The van der Waals surface area contributed by atoms with Crippen LogP contribution in [0.4, 0.5) is 26.3 Å². The lowest BCUT2D eigenvalue weighted by atomic mass is 10.0. The summed E-state index contributed by atoms with van der Waals surface area (Å²) in [5, 5.41) is 0. The van der Waals surface area contributed by atoms with Crippen molar-refractivity contribution >= 4 is 27.4 Å². The van der Waals surface area contributed by atoms with Gasteiger partial charge in [-0.15, -0.1) is 0 Å². The number of carbonyl (C=O) groups excluding carboxylic acids is 1. The minimum atomic E-state index is -5.19. The summed E-state index contributed by atoms with van der Waals surface area (Å²) in [5.74, 6) is -5.22. The van der Waals surface area contributed by atoms with Gasteiger partial charge in [-0.25, -0.2) is 26.4 Å². The van der Waals surface area contributed by atoms with Crippen molar-refractivity contribution in [2.75, 3.05) is 12.9 Å². The number of hydrogen-bond donors (Lipinski definition) is 0. The van der Waals surface area contributed by atoms with Gasteiger partial charge in [0.15, 0.2) is 9.84 Å². The van der Waals surface area contributed by atoms with E-state index in [-0.39, 0.29) is 0 Å². The maximum Gasteiger partial charge on any atom is 0.390 e. The van der Waals surface area contributed by atoms with Crippen LogP contribution in [0.3, 0.4) is 0 Å². The molecular formula is C11H15ClF6O4S. The second kappa shape index (κ2) is 7.91. The Morgan fingerprint density at radius 2 is 1.70 bits per heavy atom. The Kier molecular flexibility index (Phi) is 7.66. The van der Waals surface area contributed by atoms with Crippen molar-refractivity contribution < 1.29 is 44.3 Å². The molecule has 4 nitrogen and oxygen atoms in total. The number of carbonyl (C=O) groups is 1. The van der Waals surface area contributed by atoms with E-state index in [9.17, 15) is 39.6 Å². The number of rotatable bonds is 8. The van der Waals surface area contributed by atoms with Crippen molar-refractivity contribution in [2.24, 2.45) is 5.92 Å². The van der Waals surface area contributed by atoms with Gasteiger partial charge in [-0.1, -0.05) is 18.5 Å². The van der Waals surface area contributed by atoms with E-state index >= 15 is 0 Å². The molecule has 0 aromatic rings. The number of alkyl halides is 7. The molecule has 0 aliphatic heterocycles. The highest BCUT2D eigenvalue weighted by molar-refractivity contribution is 7.95. The first-order chi connectivity index (χ1) is 10.2. The van der Waals surface area contributed by atoms with Gasteiger partial charge >= 0.3 is 12.1 Å². The molecular weight excluding hydrogens is 378 g/mol. The zero-order valence-corrected chi connectivity index (χ0v) is 13.6. The average molecular weight is 393 g/mol. The Hall–Kier alpha value is -0.710. The molecule has 0 radical (unpaired) electrons. The molecule has 138 valence electrons. The van der Waals surface area contributed by atoms with Gasteiger partial charge in [0.2, 0.25) is 6.43 Å². The van der Waals surface area contributed by atoms with Gasteiger partial charge in [0.1, 0.15) is 6.17 Å². The number of ether oxygens (including phenoxy) is 1. The second-order valence-electron chi connectivity index (χ2n) is 4.84. The number of hydrogen-bond acceptors (Lipinski definition) is 4. The third kappa shape index (κ3) is 5.70. The summed E-state index contributed by atoms with van der Waals surface area (Å²) < 4.78 is 99.9. The summed E-state index contributed by atoms with van der Waals surface area (Å²) in [7, 11) is -4.55. The molecule has 23 heavy (non-hydrogen) atoms. The number of methoxy groups -OCH3 is 1. The van der Waals surface area contributed by atoms with Crippen molar-refractivity contribution in [1.82, 2.24) is 0 Å². The van der Waals surface area contributed by atoms with Crippen molar-refractivity contribution in [1.29, 1.82) is 0 Å². The predicted octanol–water partition coefficient (Wildman–Crippen LogP) is 3.09. The van der Waals surface area contributed by atoms with Crippen LogP contribution in [0.1, 0.15) is 19.8 Å². The zero-order valence-electron chi connectivity index (χ0n) is 12.0. The Balaban J connectivity index is 5.60. The number of sulfone groups is 1. The first kappa shape index (κ1) is 22.3. The SMILES string of the molecule is COC(=O)C(Cl)(C(F)CC(C)C(F)F)S(=O)(=O)CCC(F)(F)F. The summed E-state index contributed by atoms with van der Waals surface area (Å²) in [6.45, 7) is 0.869. The van der Waals surface area contributed by atoms with E-state index in [1.54, 1.807) is 0 Å². The first-order valence-electron chi connectivity index (χ1n) is 6.17. The molecule has 12 heteroatoms. The molecule has 0 saturated heterocycles. The fraction of sp³-hybridized carbons (Fsp3) is 0.909. The summed E-state index contributed by atoms with van der Waals surface area (Å²) in [6, 6.07) is 0. The highest BCUT2D eigenvalue weighted by Gasteiger charge is 2.58. The third-order valence-electron chi connectivity index (χ3n) is 2.98. The molecule has 3 unspecified atom stereocenters. The topological polar surface area (TPSA) is 60.4 Å².